The van der Waals surface area contributed by atoms with Crippen LogP contribution < -0.4 is 20.7 Å². The first kappa shape index (κ1) is 25.3. The second kappa shape index (κ2) is 14.2. The van der Waals surface area contributed by atoms with E-state index in [1.165, 1.54) is 12.8 Å². The maximum atomic E-state index is 12.5. The van der Waals surface area contributed by atoms with Gasteiger partial charge in [0, 0.05) is 30.5 Å². The summed E-state index contributed by atoms with van der Waals surface area (Å²) in [7, 11) is 1.57. The number of carbonyl (C=O) groups excluding carboxylic acids is 2. The third kappa shape index (κ3) is 9.03. The summed E-state index contributed by atoms with van der Waals surface area (Å²) in [5.41, 5.74) is 1.55. The number of rotatable bonds is 12. The fourth-order valence-electron chi connectivity index (χ4n) is 2.87. The zero-order chi connectivity index (χ0) is 23.2. The predicted molar refractivity (Wildman–Crippen MR) is 130 cm³/mol. The first-order valence-corrected chi connectivity index (χ1v) is 11.2. The Morgan fingerprint density at radius 2 is 1.72 bits per heavy atom. The van der Waals surface area contributed by atoms with Crippen LogP contribution in [0.1, 0.15) is 53.3 Å². The van der Waals surface area contributed by atoms with Crippen LogP contribution >= 0.6 is 12.2 Å². The number of carbonyl (C=O) groups is 2. The minimum Gasteiger partial charge on any atom is -0.494 e. The van der Waals surface area contributed by atoms with Crippen molar-refractivity contribution in [2.24, 2.45) is 0 Å². The van der Waals surface area contributed by atoms with E-state index in [-0.39, 0.29) is 16.9 Å². The van der Waals surface area contributed by atoms with Crippen molar-refractivity contribution in [2.75, 3.05) is 32.2 Å². The monoisotopic (exact) mass is 457 g/mol. The molecule has 0 aliphatic rings. The molecule has 2 aromatic carbocycles. The molecule has 0 unspecified atom stereocenters. The third-order valence-corrected chi connectivity index (χ3v) is 4.79. The molecule has 3 N–H and O–H groups in total. The fraction of sp³-hybridized carbons (Fsp3) is 0.375. The minimum atomic E-state index is -0.328. The average Bonchev–Trinajstić information content (AvgIpc) is 2.79. The SMILES string of the molecule is CCCCCCOc1ccc(C(=O)NC(=S)Nc2cccc(C(=O)NCCOC)c2)cc1. The van der Waals surface area contributed by atoms with E-state index in [9.17, 15) is 9.59 Å². The summed E-state index contributed by atoms with van der Waals surface area (Å²) in [4.78, 5) is 24.6. The van der Waals surface area contributed by atoms with E-state index in [1.54, 1.807) is 55.6 Å². The Balaban J connectivity index is 1.83. The van der Waals surface area contributed by atoms with Gasteiger partial charge < -0.3 is 20.1 Å². The van der Waals surface area contributed by atoms with Crippen LogP contribution in [0.25, 0.3) is 0 Å². The number of thiocarbonyl (C=S) groups is 1. The van der Waals surface area contributed by atoms with Gasteiger partial charge in [0.2, 0.25) is 0 Å². The Morgan fingerprint density at radius 3 is 2.44 bits per heavy atom. The van der Waals surface area contributed by atoms with E-state index in [0.29, 0.717) is 36.6 Å². The van der Waals surface area contributed by atoms with Gasteiger partial charge in [-0.1, -0.05) is 32.3 Å². The van der Waals surface area contributed by atoms with E-state index >= 15 is 0 Å². The van der Waals surface area contributed by atoms with Crippen LogP contribution in [0, 0.1) is 0 Å². The molecule has 2 amide bonds. The third-order valence-electron chi connectivity index (χ3n) is 4.58. The van der Waals surface area contributed by atoms with Crippen molar-refractivity contribution in [3.05, 3.63) is 59.7 Å². The summed E-state index contributed by atoms with van der Waals surface area (Å²) in [6.45, 7) is 3.70. The predicted octanol–water partition coefficient (Wildman–Crippen LogP) is 4.15. The Hall–Kier alpha value is -2.97. The maximum Gasteiger partial charge on any atom is 0.257 e. The molecule has 0 aromatic heterocycles. The van der Waals surface area contributed by atoms with Crippen LogP contribution in [0.4, 0.5) is 5.69 Å². The Morgan fingerprint density at radius 1 is 0.938 bits per heavy atom. The van der Waals surface area contributed by atoms with E-state index in [4.69, 9.17) is 21.7 Å². The van der Waals surface area contributed by atoms with Gasteiger partial charge in [0.05, 0.1) is 13.2 Å². The number of nitrogens with one attached hydrogen (secondary N) is 3. The largest absolute Gasteiger partial charge is 0.494 e. The fourth-order valence-corrected chi connectivity index (χ4v) is 3.08. The minimum absolute atomic E-state index is 0.142. The normalized spacial score (nSPS) is 10.3. The van der Waals surface area contributed by atoms with E-state index in [2.05, 4.69) is 22.9 Å². The van der Waals surface area contributed by atoms with Crippen LogP contribution in [0.5, 0.6) is 5.75 Å². The Kier molecular flexibility index (Phi) is 11.2. The molecule has 0 radical (unpaired) electrons. The smallest absolute Gasteiger partial charge is 0.257 e. The van der Waals surface area contributed by atoms with Crippen LogP contribution in [0.2, 0.25) is 0 Å². The summed E-state index contributed by atoms with van der Waals surface area (Å²) in [6.07, 6.45) is 4.58. The summed E-state index contributed by atoms with van der Waals surface area (Å²) < 4.78 is 10.6. The lowest BCUT2D eigenvalue weighted by atomic mass is 10.2. The number of anilines is 1. The summed E-state index contributed by atoms with van der Waals surface area (Å²) in [5, 5.41) is 8.47. The van der Waals surface area contributed by atoms with Crippen molar-refractivity contribution in [3.8, 4) is 5.75 Å². The number of amides is 2. The molecule has 0 atom stereocenters. The van der Waals surface area contributed by atoms with Gasteiger partial charge >= 0.3 is 0 Å². The highest BCUT2D eigenvalue weighted by Crippen LogP contribution is 2.14. The average molecular weight is 458 g/mol. The molecule has 7 nitrogen and oxygen atoms in total. The Labute approximate surface area is 194 Å². The van der Waals surface area contributed by atoms with Gasteiger partial charge in [-0.15, -0.1) is 0 Å². The molecular weight excluding hydrogens is 426 g/mol. The van der Waals surface area contributed by atoms with E-state index < -0.39 is 0 Å². The highest BCUT2D eigenvalue weighted by Gasteiger charge is 2.10. The number of hydrogen-bond donors (Lipinski definition) is 3. The van der Waals surface area contributed by atoms with Gasteiger partial charge in [-0.2, -0.15) is 0 Å². The van der Waals surface area contributed by atoms with Crippen LogP contribution in [-0.2, 0) is 4.74 Å². The first-order valence-electron chi connectivity index (χ1n) is 10.8. The van der Waals surface area contributed by atoms with E-state index in [1.807, 2.05) is 0 Å². The molecule has 0 saturated heterocycles. The number of methoxy groups -OCH3 is 1. The van der Waals surface area contributed by atoms with Gasteiger partial charge in [0.15, 0.2) is 5.11 Å². The van der Waals surface area contributed by atoms with Crippen LogP contribution in [-0.4, -0.2) is 43.8 Å². The van der Waals surface area contributed by atoms with Crippen molar-refractivity contribution in [1.29, 1.82) is 0 Å². The van der Waals surface area contributed by atoms with Crippen molar-refractivity contribution in [1.82, 2.24) is 10.6 Å². The topological polar surface area (TPSA) is 88.7 Å². The number of unbranched alkanes of at least 4 members (excludes halogenated alkanes) is 3. The van der Waals surface area contributed by atoms with Gasteiger partial charge in [0.1, 0.15) is 5.75 Å². The number of hydrogen-bond acceptors (Lipinski definition) is 5. The van der Waals surface area contributed by atoms with Crippen molar-refractivity contribution in [2.45, 2.75) is 32.6 Å². The highest BCUT2D eigenvalue weighted by molar-refractivity contribution is 7.80. The quantitative estimate of drug-likeness (QED) is 0.328. The summed E-state index contributed by atoms with van der Waals surface area (Å²) in [5.74, 6) is 0.193. The molecule has 32 heavy (non-hydrogen) atoms. The lowest BCUT2D eigenvalue weighted by molar-refractivity contribution is 0.0935. The molecule has 2 rings (SSSR count). The molecular formula is C24H31N3O4S. The number of benzene rings is 2. The highest BCUT2D eigenvalue weighted by atomic mass is 32.1. The van der Waals surface area contributed by atoms with Gasteiger partial charge in [-0.3, -0.25) is 14.9 Å². The molecule has 2 aromatic rings. The second-order valence-corrected chi connectivity index (χ2v) is 7.58. The second-order valence-electron chi connectivity index (χ2n) is 7.17. The molecule has 0 bridgehead atoms. The molecule has 0 heterocycles. The zero-order valence-electron chi connectivity index (χ0n) is 18.6. The molecule has 0 saturated carbocycles. The van der Waals surface area contributed by atoms with Crippen molar-refractivity contribution >= 4 is 34.8 Å². The lowest BCUT2D eigenvalue weighted by Gasteiger charge is -2.11. The first-order chi connectivity index (χ1) is 15.5. The molecule has 0 fully saturated rings. The van der Waals surface area contributed by atoms with Crippen molar-refractivity contribution < 1.29 is 19.1 Å². The molecule has 0 aliphatic carbocycles. The van der Waals surface area contributed by atoms with Gasteiger partial charge in [0.25, 0.3) is 11.8 Å². The zero-order valence-corrected chi connectivity index (χ0v) is 19.4. The standard InChI is InChI=1S/C24H31N3O4S/c1-3-4-5-6-15-31-21-12-10-18(11-13-21)23(29)27-24(32)26-20-9-7-8-19(17-20)22(28)25-14-16-30-2/h7-13,17H,3-6,14-16H2,1-2H3,(H,25,28)(H2,26,27,29,32). The van der Waals surface area contributed by atoms with Crippen LogP contribution in [0.15, 0.2) is 48.5 Å². The molecule has 0 aliphatic heterocycles. The maximum absolute atomic E-state index is 12.5. The number of ether oxygens (including phenoxy) is 2. The van der Waals surface area contributed by atoms with Crippen molar-refractivity contribution in [3.63, 3.8) is 0 Å². The lowest BCUT2D eigenvalue weighted by Crippen LogP contribution is -2.34. The molecule has 172 valence electrons. The van der Waals surface area contributed by atoms with Crippen LogP contribution in [0.3, 0.4) is 0 Å². The van der Waals surface area contributed by atoms with E-state index in [0.717, 1.165) is 18.6 Å². The van der Waals surface area contributed by atoms with Gasteiger partial charge in [-0.05, 0) is 61.1 Å². The summed E-state index contributed by atoms with van der Waals surface area (Å²) in [6, 6.07) is 13.8. The van der Waals surface area contributed by atoms with Gasteiger partial charge in [-0.25, -0.2) is 0 Å². The Bertz CT molecular complexity index is 887. The molecule has 8 heteroatoms. The summed E-state index contributed by atoms with van der Waals surface area (Å²) >= 11 is 5.24. The molecule has 0 spiro atoms.